The number of hydrogen-bond acceptors (Lipinski definition) is 5. The molecule has 0 aromatic heterocycles. The number of carbonyl (C=O) groups is 3. The number of hydrogen-bond donors (Lipinski definition) is 0. The quantitative estimate of drug-likeness (QED) is 0.690. The van der Waals surface area contributed by atoms with Crippen LogP contribution < -0.4 is 0 Å². The van der Waals surface area contributed by atoms with Crippen molar-refractivity contribution in [2.75, 3.05) is 13.2 Å². The van der Waals surface area contributed by atoms with Gasteiger partial charge >= 0.3 is 11.9 Å². The third-order valence-corrected chi connectivity index (χ3v) is 2.95. The molecule has 1 aliphatic carbocycles. The van der Waals surface area contributed by atoms with Crippen molar-refractivity contribution in [3.05, 3.63) is 0 Å². The molecule has 1 fully saturated rings. The lowest BCUT2D eigenvalue weighted by molar-refractivity contribution is -0.150. The summed E-state index contributed by atoms with van der Waals surface area (Å²) in [4.78, 5) is 33.2. The molecule has 1 rings (SSSR count). The maximum absolute atomic E-state index is 11.7. The largest absolute Gasteiger partial charge is 0.466 e. The highest BCUT2D eigenvalue weighted by atomic mass is 16.5. The van der Waals surface area contributed by atoms with Gasteiger partial charge in [-0.15, -0.1) is 0 Å². The van der Waals surface area contributed by atoms with Gasteiger partial charge in [-0.05, 0) is 12.8 Å². The molecule has 5 nitrogen and oxygen atoms in total. The van der Waals surface area contributed by atoms with Gasteiger partial charge in [0, 0.05) is 26.2 Å². The van der Waals surface area contributed by atoms with E-state index in [-0.39, 0.29) is 36.8 Å². The van der Waals surface area contributed by atoms with E-state index >= 15 is 0 Å². The van der Waals surface area contributed by atoms with Crippen molar-refractivity contribution in [1.82, 2.24) is 0 Å². The highest BCUT2D eigenvalue weighted by molar-refractivity contribution is 5.82. The average Bonchev–Trinajstić information content (AvgIpc) is 2.24. The van der Waals surface area contributed by atoms with E-state index in [1.807, 2.05) is 0 Å². The fraction of sp³-hybridized carbons (Fsp3) is 0.750. The second-order valence-corrected chi connectivity index (χ2v) is 4.33. The molecule has 2 unspecified atom stereocenters. The Hall–Kier alpha value is -1.39. The number of esters is 2. The summed E-state index contributed by atoms with van der Waals surface area (Å²) in [6, 6.07) is 0. The zero-order chi connectivity index (χ0) is 12.8. The van der Waals surface area contributed by atoms with Gasteiger partial charge in [0.25, 0.3) is 0 Å². The predicted octanol–water partition coefficient (Wildman–Crippen LogP) is 1.10. The van der Waals surface area contributed by atoms with Gasteiger partial charge in [0.1, 0.15) is 12.4 Å². The topological polar surface area (TPSA) is 69.7 Å². The van der Waals surface area contributed by atoms with E-state index in [0.717, 1.165) is 12.8 Å². The lowest BCUT2D eigenvalue weighted by Crippen LogP contribution is -2.35. The van der Waals surface area contributed by atoms with Crippen LogP contribution in [0.25, 0.3) is 0 Å². The monoisotopic (exact) mass is 242 g/mol. The summed E-state index contributed by atoms with van der Waals surface area (Å²) in [5.41, 5.74) is 0. The average molecular weight is 242 g/mol. The van der Waals surface area contributed by atoms with Crippen molar-refractivity contribution in [2.45, 2.75) is 33.1 Å². The first kappa shape index (κ1) is 13.7. The van der Waals surface area contributed by atoms with E-state index in [1.54, 1.807) is 0 Å². The molecule has 17 heavy (non-hydrogen) atoms. The number of ketones is 1. The van der Waals surface area contributed by atoms with Gasteiger partial charge in [-0.25, -0.2) is 0 Å². The fourth-order valence-electron chi connectivity index (χ4n) is 2.05. The van der Waals surface area contributed by atoms with E-state index in [0.29, 0.717) is 6.42 Å². The smallest absolute Gasteiger partial charge is 0.302 e. The van der Waals surface area contributed by atoms with Crippen molar-refractivity contribution in [3.63, 3.8) is 0 Å². The second kappa shape index (κ2) is 6.37. The standard InChI is InChI=1S/C12H18O5/c1-8(13)16-6-10-4-3-5-12(15)11(10)7-17-9(2)14/h10-11H,3-7H2,1-2H3. The molecule has 96 valence electrons. The van der Waals surface area contributed by atoms with Crippen LogP contribution in [0.5, 0.6) is 0 Å². The summed E-state index contributed by atoms with van der Waals surface area (Å²) >= 11 is 0. The molecule has 5 heteroatoms. The van der Waals surface area contributed by atoms with E-state index in [9.17, 15) is 14.4 Å². The number of ether oxygens (including phenoxy) is 2. The van der Waals surface area contributed by atoms with Gasteiger partial charge in [-0.3, -0.25) is 14.4 Å². The van der Waals surface area contributed by atoms with E-state index in [4.69, 9.17) is 9.47 Å². The van der Waals surface area contributed by atoms with Crippen LogP contribution in [0.1, 0.15) is 33.1 Å². The Labute approximate surface area is 100 Å². The molecule has 1 saturated carbocycles. The fourth-order valence-corrected chi connectivity index (χ4v) is 2.05. The maximum Gasteiger partial charge on any atom is 0.302 e. The maximum atomic E-state index is 11.7. The molecule has 0 aromatic carbocycles. The zero-order valence-corrected chi connectivity index (χ0v) is 10.2. The molecule has 0 aromatic rings. The van der Waals surface area contributed by atoms with E-state index in [2.05, 4.69) is 0 Å². The van der Waals surface area contributed by atoms with Crippen molar-refractivity contribution in [1.29, 1.82) is 0 Å². The van der Waals surface area contributed by atoms with Crippen LogP contribution in [0.3, 0.4) is 0 Å². The van der Waals surface area contributed by atoms with Gasteiger partial charge in [0.15, 0.2) is 0 Å². The SMILES string of the molecule is CC(=O)OCC1CCCC(=O)C1COC(C)=O. The predicted molar refractivity (Wildman–Crippen MR) is 59.1 cm³/mol. The summed E-state index contributed by atoms with van der Waals surface area (Å²) in [6.07, 6.45) is 2.15. The van der Waals surface area contributed by atoms with Gasteiger partial charge in [0.2, 0.25) is 0 Å². The molecule has 0 radical (unpaired) electrons. The van der Waals surface area contributed by atoms with Crippen LogP contribution in [0.4, 0.5) is 0 Å². The zero-order valence-electron chi connectivity index (χ0n) is 10.2. The summed E-state index contributed by atoms with van der Waals surface area (Å²) in [5, 5.41) is 0. The van der Waals surface area contributed by atoms with Gasteiger partial charge < -0.3 is 9.47 Å². The number of Topliss-reactive ketones (excluding diaryl/α,β-unsaturated/α-hetero) is 1. The normalized spacial score (nSPS) is 24.2. The molecule has 0 amide bonds. The Bertz CT molecular complexity index is 310. The molecular formula is C12H18O5. The van der Waals surface area contributed by atoms with E-state index in [1.165, 1.54) is 13.8 Å². The van der Waals surface area contributed by atoms with Crippen LogP contribution in [0.2, 0.25) is 0 Å². The van der Waals surface area contributed by atoms with Crippen molar-refractivity contribution in [3.8, 4) is 0 Å². The lowest BCUT2D eigenvalue weighted by atomic mass is 9.79. The van der Waals surface area contributed by atoms with Crippen molar-refractivity contribution >= 4 is 17.7 Å². The molecule has 0 N–H and O–H groups in total. The Morgan fingerprint density at radius 2 is 1.76 bits per heavy atom. The summed E-state index contributed by atoms with van der Waals surface area (Å²) < 4.78 is 9.82. The Morgan fingerprint density at radius 1 is 1.18 bits per heavy atom. The number of carbonyl (C=O) groups excluding carboxylic acids is 3. The summed E-state index contributed by atoms with van der Waals surface area (Å²) in [6.45, 7) is 2.98. The van der Waals surface area contributed by atoms with Gasteiger partial charge in [0.05, 0.1) is 12.5 Å². The highest BCUT2D eigenvalue weighted by Gasteiger charge is 2.33. The van der Waals surface area contributed by atoms with Crippen LogP contribution >= 0.6 is 0 Å². The van der Waals surface area contributed by atoms with Gasteiger partial charge in [-0.1, -0.05) is 0 Å². The first-order chi connectivity index (χ1) is 8.00. The minimum absolute atomic E-state index is 0.0282. The Balaban J connectivity index is 2.53. The van der Waals surface area contributed by atoms with Crippen LogP contribution in [0.15, 0.2) is 0 Å². The molecule has 0 aliphatic heterocycles. The molecule has 0 saturated heterocycles. The van der Waals surface area contributed by atoms with Crippen LogP contribution in [-0.4, -0.2) is 30.9 Å². The second-order valence-electron chi connectivity index (χ2n) is 4.33. The Morgan fingerprint density at radius 3 is 2.35 bits per heavy atom. The minimum atomic E-state index is -0.394. The van der Waals surface area contributed by atoms with Crippen LogP contribution in [0, 0.1) is 11.8 Å². The third kappa shape index (κ3) is 4.54. The summed E-state index contributed by atoms with van der Waals surface area (Å²) in [5.74, 6) is -1.01. The molecular weight excluding hydrogens is 224 g/mol. The molecule has 1 aliphatic rings. The Kier molecular flexibility index (Phi) is 5.12. The van der Waals surface area contributed by atoms with Crippen molar-refractivity contribution in [2.24, 2.45) is 11.8 Å². The number of rotatable bonds is 4. The molecule has 2 atom stereocenters. The highest BCUT2D eigenvalue weighted by Crippen LogP contribution is 2.28. The molecule has 0 heterocycles. The van der Waals surface area contributed by atoms with Crippen LogP contribution in [-0.2, 0) is 23.9 Å². The van der Waals surface area contributed by atoms with Gasteiger partial charge in [-0.2, -0.15) is 0 Å². The molecule has 0 spiro atoms. The van der Waals surface area contributed by atoms with E-state index < -0.39 is 5.97 Å². The lowest BCUT2D eigenvalue weighted by Gasteiger charge is -2.29. The first-order valence-corrected chi connectivity index (χ1v) is 5.80. The molecule has 0 bridgehead atoms. The minimum Gasteiger partial charge on any atom is -0.466 e. The van der Waals surface area contributed by atoms with Crippen molar-refractivity contribution < 1.29 is 23.9 Å². The third-order valence-electron chi connectivity index (χ3n) is 2.95. The first-order valence-electron chi connectivity index (χ1n) is 5.80. The summed E-state index contributed by atoms with van der Waals surface area (Å²) in [7, 11) is 0.